The van der Waals surface area contributed by atoms with Gasteiger partial charge in [-0.2, -0.15) is 0 Å². The highest BCUT2D eigenvalue weighted by Gasteiger charge is 2.15. The topological polar surface area (TPSA) is 61.8 Å². The third-order valence-corrected chi connectivity index (χ3v) is 4.80. The molecular formula is C18H28IN5OS. The molecule has 0 aliphatic heterocycles. The van der Waals surface area contributed by atoms with Crippen molar-refractivity contribution in [3.63, 3.8) is 0 Å². The van der Waals surface area contributed by atoms with Crippen LogP contribution in [-0.2, 0) is 6.54 Å². The zero-order valence-corrected chi connectivity index (χ0v) is 19.1. The second-order valence-corrected chi connectivity index (χ2v) is 7.24. The number of benzene rings is 1. The van der Waals surface area contributed by atoms with Gasteiger partial charge >= 0.3 is 0 Å². The zero-order chi connectivity index (χ0) is 18.2. The van der Waals surface area contributed by atoms with E-state index >= 15 is 0 Å². The van der Waals surface area contributed by atoms with Gasteiger partial charge in [-0.1, -0.05) is 12.1 Å². The smallest absolute Gasteiger partial charge is 0.191 e. The fraction of sp³-hybridized carbons (Fsp3) is 0.444. The number of halogens is 1. The molecule has 0 saturated carbocycles. The van der Waals surface area contributed by atoms with Gasteiger partial charge in [0.15, 0.2) is 5.96 Å². The van der Waals surface area contributed by atoms with Gasteiger partial charge in [0, 0.05) is 24.7 Å². The average molecular weight is 489 g/mol. The van der Waals surface area contributed by atoms with E-state index in [1.54, 1.807) is 25.5 Å². The SMILES string of the molecule is CN=C(NCc1ncc(C)s1)NCC(c1ccc(OC)cc1)N(C)C.I. The molecule has 1 unspecified atom stereocenters. The molecule has 8 heteroatoms. The van der Waals surface area contributed by atoms with Crippen molar-refractivity contribution in [3.8, 4) is 5.75 Å². The first-order valence-electron chi connectivity index (χ1n) is 8.19. The standard InChI is InChI=1S/C18H27N5OS.HI/c1-13-10-20-17(25-13)12-22-18(19-2)21-11-16(23(3)4)14-6-8-15(24-5)9-7-14;/h6-10,16H,11-12H2,1-5H3,(H2,19,21,22);1H. The number of nitrogens with zero attached hydrogens (tertiary/aromatic N) is 3. The Hall–Kier alpha value is -1.39. The molecule has 6 nitrogen and oxygen atoms in total. The number of ether oxygens (including phenoxy) is 1. The molecule has 0 fully saturated rings. The van der Waals surface area contributed by atoms with Crippen molar-refractivity contribution < 1.29 is 4.74 Å². The number of thiazole rings is 1. The van der Waals surface area contributed by atoms with Gasteiger partial charge in [-0.05, 0) is 38.7 Å². The summed E-state index contributed by atoms with van der Waals surface area (Å²) in [6.07, 6.45) is 1.89. The van der Waals surface area contributed by atoms with Gasteiger partial charge < -0.3 is 20.3 Å². The Labute approximate surface area is 177 Å². The summed E-state index contributed by atoms with van der Waals surface area (Å²) in [5.74, 6) is 1.64. The molecular weight excluding hydrogens is 461 g/mol. The Bertz CT molecular complexity index is 687. The maximum Gasteiger partial charge on any atom is 0.191 e. The minimum absolute atomic E-state index is 0. The van der Waals surface area contributed by atoms with E-state index in [4.69, 9.17) is 4.74 Å². The molecule has 1 atom stereocenters. The van der Waals surface area contributed by atoms with E-state index in [1.807, 2.05) is 18.3 Å². The van der Waals surface area contributed by atoms with Gasteiger partial charge in [-0.15, -0.1) is 35.3 Å². The molecule has 0 amide bonds. The van der Waals surface area contributed by atoms with Gasteiger partial charge in [0.05, 0.1) is 19.7 Å². The summed E-state index contributed by atoms with van der Waals surface area (Å²) in [7, 11) is 7.61. The number of nitrogens with one attached hydrogen (secondary N) is 2. The maximum absolute atomic E-state index is 5.24. The van der Waals surface area contributed by atoms with E-state index in [0.29, 0.717) is 6.54 Å². The summed E-state index contributed by atoms with van der Waals surface area (Å²) in [5.41, 5.74) is 1.23. The number of aliphatic imine (C=N–C) groups is 1. The van der Waals surface area contributed by atoms with E-state index in [2.05, 4.69) is 58.7 Å². The summed E-state index contributed by atoms with van der Waals surface area (Å²) in [5, 5.41) is 7.76. The third-order valence-electron chi connectivity index (χ3n) is 3.89. The molecule has 0 spiro atoms. The molecule has 0 radical (unpaired) electrons. The minimum atomic E-state index is 0. The predicted molar refractivity (Wildman–Crippen MR) is 120 cm³/mol. The number of hydrogen-bond acceptors (Lipinski definition) is 5. The average Bonchev–Trinajstić information content (AvgIpc) is 3.03. The number of hydrogen-bond donors (Lipinski definition) is 2. The Kier molecular flexibility index (Phi) is 9.89. The van der Waals surface area contributed by atoms with Crippen LogP contribution in [0.1, 0.15) is 21.5 Å². The second-order valence-electron chi connectivity index (χ2n) is 5.92. The lowest BCUT2D eigenvalue weighted by Gasteiger charge is -2.26. The third kappa shape index (κ3) is 6.73. The quantitative estimate of drug-likeness (QED) is 0.356. The fourth-order valence-electron chi connectivity index (χ4n) is 2.48. The van der Waals surface area contributed by atoms with Crippen LogP contribution in [0.3, 0.4) is 0 Å². The van der Waals surface area contributed by atoms with Crippen LogP contribution >= 0.6 is 35.3 Å². The number of likely N-dealkylation sites (N-methyl/N-ethyl adjacent to an activating group) is 1. The van der Waals surface area contributed by atoms with Crippen LogP contribution < -0.4 is 15.4 Å². The normalized spacial score (nSPS) is 12.5. The fourth-order valence-corrected chi connectivity index (χ4v) is 3.21. The summed E-state index contributed by atoms with van der Waals surface area (Å²) < 4.78 is 5.24. The number of guanidine groups is 1. The molecule has 2 N–H and O–H groups in total. The van der Waals surface area contributed by atoms with Gasteiger partial charge in [-0.25, -0.2) is 4.98 Å². The number of aryl methyl sites for hydroxylation is 1. The first-order valence-corrected chi connectivity index (χ1v) is 9.01. The van der Waals surface area contributed by atoms with Crippen LogP contribution in [-0.4, -0.2) is 50.6 Å². The molecule has 0 aliphatic rings. The lowest BCUT2D eigenvalue weighted by atomic mass is 10.1. The molecule has 0 aliphatic carbocycles. The van der Waals surface area contributed by atoms with E-state index < -0.39 is 0 Å². The van der Waals surface area contributed by atoms with Gasteiger partial charge in [0.2, 0.25) is 0 Å². The van der Waals surface area contributed by atoms with E-state index in [-0.39, 0.29) is 30.0 Å². The zero-order valence-electron chi connectivity index (χ0n) is 15.9. The Morgan fingerprint density at radius 3 is 2.46 bits per heavy atom. The van der Waals surface area contributed by atoms with E-state index in [1.165, 1.54) is 10.4 Å². The number of rotatable bonds is 7. The van der Waals surface area contributed by atoms with Gasteiger partial charge in [0.25, 0.3) is 0 Å². The predicted octanol–water partition coefficient (Wildman–Crippen LogP) is 3.05. The van der Waals surface area contributed by atoms with Crippen LogP contribution in [0.15, 0.2) is 35.5 Å². The molecule has 144 valence electrons. The molecule has 1 aromatic heterocycles. The summed E-state index contributed by atoms with van der Waals surface area (Å²) in [6.45, 7) is 3.48. The molecule has 1 heterocycles. The highest BCUT2D eigenvalue weighted by molar-refractivity contribution is 14.0. The van der Waals surface area contributed by atoms with Crippen molar-refractivity contribution in [2.24, 2.45) is 4.99 Å². The minimum Gasteiger partial charge on any atom is -0.497 e. The van der Waals surface area contributed by atoms with Crippen LogP contribution in [0.25, 0.3) is 0 Å². The second kappa shape index (κ2) is 11.3. The van der Waals surface area contributed by atoms with Crippen molar-refractivity contribution >= 4 is 41.3 Å². The lowest BCUT2D eigenvalue weighted by molar-refractivity contribution is 0.298. The van der Waals surface area contributed by atoms with Crippen molar-refractivity contribution in [3.05, 3.63) is 45.9 Å². The molecule has 0 saturated heterocycles. The van der Waals surface area contributed by atoms with Crippen LogP contribution in [0, 0.1) is 6.92 Å². The van der Waals surface area contributed by atoms with Crippen molar-refractivity contribution in [2.75, 3.05) is 34.8 Å². The number of aromatic nitrogens is 1. The van der Waals surface area contributed by atoms with E-state index in [0.717, 1.165) is 23.3 Å². The summed E-state index contributed by atoms with van der Waals surface area (Å²) in [6, 6.07) is 8.40. The summed E-state index contributed by atoms with van der Waals surface area (Å²) >= 11 is 1.69. The van der Waals surface area contributed by atoms with E-state index in [9.17, 15) is 0 Å². The van der Waals surface area contributed by atoms with Crippen LogP contribution in [0.4, 0.5) is 0 Å². The van der Waals surface area contributed by atoms with Crippen molar-refractivity contribution in [1.82, 2.24) is 20.5 Å². The molecule has 2 aromatic rings. The number of methoxy groups -OCH3 is 1. The van der Waals surface area contributed by atoms with Gasteiger partial charge in [-0.3, -0.25) is 4.99 Å². The van der Waals surface area contributed by atoms with Crippen molar-refractivity contribution in [2.45, 2.75) is 19.5 Å². The highest BCUT2D eigenvalue weighted by Crippen LogP contribution is 2.20. The van der Waals surface area contributed by atoms with Crippen molar-refractivity contribution in [1.29, 1.82) is 0 Å². The first-order chi connectivity index (χ1) is 12.0. The monoisotopic (exact) mass is 489 g/mol. The van der Waals surface area contributed by atoms with Crippen LogP contribution in [0.2, 0.25) is 0 Å². The largest absolute Gasteiger partial charge is 0.497 e. The Balaban J connectivity index is 0.00000338. The Morgan fingerprint density at radius 1 is 1.27 bits per heavy atom. The molecule has 1 aromatic carbocycles. The first kappa shape index (κ1) is 22.7. The summed E-state index contributed by atoms with van der Waals surface area (Å²) in [4.78, 5) is 12.1. The van der Waals surface area contributed by atoms with Gasteiger partial charge in [0.1, 0.15) is 10.8 Å². The Morgan fingerprint density at radius 2 is 1.96 bits per heavy atom. The highest BCUT2D eigenvalue weighted by atomic mass is 127. The van der Waals surface area contributed by atoms with Crippen LogP contribution in [0.5, 0.6) is 5.75 Å². The maximum atomic E-state index is 5.24. The molecule has 2 rings (SSSR count). The molecule has 26 heavy (non-hydrogen) atoms. The molecule has 0 bridgehead atoms. The lowest BCUT2D eigenvalue weighted by Crippen LogP contribution is -2.41.